The predicted molar refractivity (Wildman–Crippen MR) is 78.6 cm³/mol. The maximum absolute atomic E-state index is 2.36. The van der Waals surface area contributed by atoms with E-state index in [4.69, 9.17) is 0 Å². The van der Waals surface area contributed by atoms with Crippen molar-refractivity contribution in [1.82, 2.24) is 0 Å². The molecule has 0 aliphatic heterocycles. The highest BCUT2D eigenvalue weighted by atomic mass is 19.0. The van der Waals surface area contributed by atoms with Crippen LogP contribution in [0.15, 0.2) is 24.4 Å². The fraction of sp³-hybridized carbons (Fsp3) is 0.706. The second-order valence-corrected chi connectivity index (χ2v) is 5.36. The van der Waals surface area contributed by atoms with E-state index in [0.717, 1.165) is 0 Å². The smallest absolute Gasteiger partial charge is 0.178 e. The van der Waals surface area contributed by atoms with Gasteiger partial charge in [0.25, 0.3) is 0 Å². The van der Waals surface area contributed by atoms with Crippen LogP contribution < -0.4 is 9.27 Å². The van der Waals surface area contributed by atoms with E-state index in [1.807, 2.05) is 0 Å². The lowest BCUT2D eigenvalue weighted by Gasteiger charge is -2.02. The van der Waals surface area contributed by atoms with Gasteiger partial charge in [-0.1, -0.05) is 57.9 Å². The molecule has 1 nitrogen and oxygen atoms in total. The van der Waals surface area contributed by atoms with Crippen LogP contribution in [0.2, 0.25) is 0 Å². The second kappa shape index (κ2) is 12.1. The van der Waals surface area contributed by atoms with Gasteiger partial charge in [0.2, 0.25) is 0 Å². The van der Waals surface area contributed by atoms with Gasteiger partial charge in [-0.3, -0.25) is 0 Å². The van der Waals surface area contributed by atoms with E-state index in [9.17, 15) is 0 Å². The molecule has 1 aromatic heterocycles. The molecule has 1 heterocycles. The first kappa shape index (κ1) is 18.1. The molecule has 0 aliphatic rings. The summed E-state index contributed by atoms with van der Waals surface area (Å²) in [7, 11) is 0. The summed E-state index contributed by atoms with van der Waals surface area (Å²) in [6, 6.07) is 6.43. The molecule has 0 saturated heterocycles. The lowest BCUT2D eigenvalue weighted by atomic mass is 10.1. The van der Waals surface area contributed by atoms with Gasteiger partial charge in [0.15, 0.2) is 11.9 Å². The first-order valence-electron chi connectivity index (χ1n) is 7.79. The van der Waals surface area contributed by atoms with Crippen molar-refractivity contribution in [2.24, 2.45) is 0 Å². The average Bonchev–Trinajstić information content (AvgIpc) is 2.39. The monoisotopic (exact) mass is 267 g/mol. The number of halogens is 1. The summed E-state index contributed by atoms with van der Waals surface area (Å²) in [5, 5.41) is 0. The second-order valence-electron chi connectivity index (χ2n) is 5.36. The molecule has 110 valence electrons. The zero-order chi connectivity index (χ0) is 13.1. The number of aromatic nitrogens is 1. The Kier molecular flexibility index (Phi) is 11.5. The molecule has 0 N–H and O–H groups in total. The topological polar surface area (TPSA) is 3.88 Å². The number of nitrogens with zero attached hydrogens (tertiary/aromatic N) is 1. The lowest BCUT2D eigenvalue weighted by molar-refractivity contribution is -0.703. The Morgan fingerprint density at radius 1 is 0.842 bits per heavy atom. The van der Waals surface area contributed by atoms with E-state index in [1.54, 1.807) is 0 Å². The molecule has 1 aromatic rings. The summed E-state index contributed by atoms with van der Waals surface area (Å²) in [4.78, 5) is 0. The van der Waals surface area contributed by atoms with Gasteiger partial charge in [-0.2, -0.15) is 0 Å². The van der Waals surface area contributed by atoms with Crippen LogP contribution in [0.1, 0.15) is 70.4 Å². The van der Waals surface area contributed by atoms with Crippen LogP contribution in [0.3, 0.4) is 0 Å². The van der Waals surface area contributed by atoms with E-state index in [2.05, 4.69) is 42.8 Å². The van der Waals surface area contributed by atoms with Crippen molar-refractivity contribution in [3.05, 3.63) is 30.1 Å². The fourth-order valence-electron chi connectivity index (χ4n) is 2.41. The van der Waals surface area contributed by atoms with Crippen LogP contribution in [0.25, 0.3) is 0 Å². The Balaban J connectivity index is 0.00000324. The first-order chi connectivity index (χ1) is 8.84. The van der Waals surface area contributed by atoms with Crippen molar-refractivity contribution in [1.29, 1.82) is 0 Å². The van der Waals surface area contributed by atoms with E-state index in [1.165, 1.54) is 70.0 Å². The first-order valence-corrected chi connectivity index (χ1v) is 7.79. The summed E-state index contributed by atoms with van der Waals surface area (Å²) in [5.41, 5.74) is 1.37. The summed E-state index contributed by atoms with van der Waals surface area (Å²) >= 11 is 0. The Morgan fingerprint density at radius 2 is 1.42 bits per heavy atom. The number of hydrogen-bond donors (Lipinski definition) is 0. The molecule has 0 bridgehead atoms. The van der Waals surface area contributed by atoms with Crippen molar-refractivity contribution >= 4 is 0 Å². The van der Waals surface area contributed by atoms with Crippen molar-refractivity contribution < 1.29 is 9.27 Å². The number of unbranched alkanes of at least 4 members (excludes halogenated alkanes) is 8. The molecule has 0 unspecified atom stereocenters. The van der Waals surface area contributed by atoms with Gasteiger partial charge >= 0.3 is 0 Å². The van der Waals surface area contributed by atoms with Gasteiger partial charge < -0.3 is 4.70 Å². The number of rotatable bonds is 10. The molecule has 0 atom stereocenters. The Bertz CT molecular complexity index is 312. The van der Waals surface area contributed by atoms with Gasteiger partial charge in [0.1, 0.15) is 6.54 Å². The summed E-state index contributed by atoms with van der Waals surface area (Å²) in [5.74, 6) is 0. The van der Waals surface area contributed by atoms with Crippen LogP contribution in [0.4, 0.5) is 0 Å². The van der Waals surface area contributed by atoms with Gasteiger partial charge in [0.05, 0.1) is 0 Å². The van der Waals surface area contributed by atoms with Crippen molar-refractivity contribution in [3.63, 3.8) is 0 Å². The van der Waals surface area contributed by atoms with Gasteiger partial charge in [-0.05, 0) is 6.42 Å². The molecule has 0 saturated carbocycles. The summed E-state index contributed by atoms with van der Waals surface area (Å²) < 4.78 is 2.36. The Morgan fingerprint density at radius 3 is 2.00 bits per heavy atom. The largest absolute Gasteiger partial charge is 1.00 e. The van der Waals surface area contributed by atoms with Crippen LogP contribution in [-0.4, -0.2) is 0 Å². The molecule has 1 rings (SSSR count). The molecule has 0 aliphatic carbocycles. The maximum atomic E-state index is 2.36. The zero-order valence-corrected chi connectivity index (χ0v) is 12.7. The summed E-state index contributed by atoms with van der Waals surface area (Å²) in [6.07, 6.45) is 14.9. The quantitative estimate of drug-likeness (QED) is 0.450. The van der Waals surface area contributed by atoms with E-state index in [-0.39, 0.29) is 4.70 Å². The molecule has 0 fully saturated rings. The Hall–Kier alpha value is -0.920. The number of pyridine rings is 1. The minimum absolute atomic E-state index is 0. The molecule has 0 amide bonds. The molecule has 0 spiro atoms. The molecule has 19 heavy (non-hydrogen) atoms. The maximum Gasteiger partial charge on any atom is 0.178 e. The number of hydrogen-bond acceptors (Lipinski definition) is 0. The fourth-order valence-corrected chi connectivity index (χ4v) is 2.41. The third-order valence-electron chi connectivity index (χ3n) is 3.67. The van der Waals surface area contributed by atoms with Crippen LogP contribution in [0, 0.1) is 6.92 Å². The van der Waals surface area contributed by atoms with E-state index in [0.29, 0.717) is 0 Å². The zero-order valence-electron chi connectivity index (χ0n) is 12.7. The van der Waals surface area contributed by atoms with Gasteiger partial charge in [-0.25, -0.2) is 4.57 Å². The lowest BCUT2D eigenvalue weighted by Crippen LogP contribution is -3.00. The minimum Gasteiger partial charge on any atom is -1.00 e. The standard InChI is InChI=1S/C17H30N.FH/c1-3-4-5-6-7-8-9-10-12-15-18-16-13-11-14-17(18)2;/h11,13-14,16H,3-10,12,15H2,1-2H3;1H/q+1;/p-1. The molecular formula is C17H30FN. The van der Waals surface area contributed by atoms with Crippen molar-refractivity contribution in [2.45, 2.75) is 78.2 Å². The normalized spacial score (nSPS) is 10.2. The number of aryl methyl sites for hydroxylation is 2. The molecule has 0 radical (unpaired) electrons. The highest BCUT2D eigenvalue weighted by Gasteiger charge is 2.02. The summed E-state index contributed by atoms with van der Waals surface area (Å²) in [6.45, 7) is 5.65. The molecule has 2 heteroatoms. The highest BCUT2D eigenvalue weighted by Crippen LogP contribution is 2.09. The minimum atomic E-state index is 0. The van der Waals surface area contributed by atoms with E-state index >= 15 is 0 Å². The molecule has 0 aromatic carbocycles. The van der Waals surface area contributed by atoms with Crippen molar-refractivity contribution in [2.75, 3.05) is 0 Å². The molecular weight excluding hydrogens is 237 g/mol. The van der Waals surface area contributed by atoms with E-state index < -0.39 is 0 Å². The Labute approximate surface area is 118 Å². The van der Waals surface area contributed by atoms with Crippen LogP contribution >= 0.6 is 0 Å². The third kappa shape index (κ3) is 8.74. The van der Waals surface area contributed by atoms with Crippen molar-refractivity contribution in [3.8, 4) is 0 Å². The van der Waals surface area contributed by atoms with Crippen LogP contribution in [-0.2, 0) is 6.54 Å². The SMILES string of the molecule is CCCCCCCCCCC[n+]1ccccc1C.[F-]. The highest BCUT2D eigenvalue weighted by molar-refractivity contribution is 4.93. The average molecular weight is 267 g/mol. The van der Waals surface area contributed by atoms with Crippen LogP contribution in [0.5, 0.6) is 0 Å². The third-order valence-corrected chi connectivity index (χ3v) is 3.67. The van der Waals surface area contributed by atoms with Gasteiger partial charge in [-0.15, -0.1) is 0 Å². The van der Waals surface area contributed by atoms with Gasteiger partial charge in [0, 0.05) is 25.5 Å². The predicted octanol–water partition coefficient (Wildman–Crippen LogP) is 1.82.